The number of rotatable bonds is 6. The van der Waals surface area contributed by atoms with Gasteiger partial charge in [-0.15, -0.1) is 0 Å². The zero-order valence-corrected chi connectivity index (χ0v) is 14.8. The van der Waals surface area contributed by atoms with Crippen molar-refractivity contribution in [2.75, 3.05) is 17.7 Å². The maximum atomic E-state index is 12.2. The quantitative estimate of drug-likeness (QED) is 0.616. The Labute approximate surface area is 151 Å². The fourth-order valence-electron chi connectivity index (χ4n) is 2.13. The lowest BCUT2D eigenvalue weighted by molar-refractivity contribution is -0.114. The van der Waals surface area contributed by atoms with Crippen molar-refractivity contribution in [2.24, 2.45) is 0 Å². The lowest BCUT2D eigenvalue weighted by atomic mass is 10.1. The van der Waals surface area contributed by atoms with Gasteiger partial charge in [-0.3, -0.25) is 14.4 Å². The molecule has 0 fully saturated rings. The van der Waals surface area contributed by atoms with Gasteiger partial charge in [0, 0.05) is 28.6 Å². The highest BCUT2D eigenvalue weighted by Gasteiger charge is 2.08. The molecule has 0 spiro atoms. The fraction of sp³-hybridized carbons (Fsp3) is 0.150. The highest BCUT2D eigenvalue weighted by molar-refractivity contribution is 6.10. The molecule has 0 heterocycles. The molecule has 0 aromatic heterocycles. The van der Waals surface area contributed by atoms with E-state index in [1.165, 1.54) is 13.0 Å². The molecule has 2 amide bonds. The van der Waals surface area contributed by atoms with E-state index in [1.54, 1.807) is 62.6 Å². The predicted molar refractivity (Wildman–Crippen MR) is 100 cm³/mol. The van der Waals surface area contributed by atoms with Gasteiger partial charge in [-0.1, -0.05) is 0 Å². The number of ether oxygens (including phenoxy) is 1. The summed E-state index contributed by atoms with van der Waals surface area (Å²) in [6.45, 7) is 3.02. The van der Waals surface area contributed by atoms with E-state index in [2.05, 4.69) is 10.6 Å². The minimum Gasteiger partial charge on any atom is -0.497 e. The number of amides is 2. The minimum absolute atomic E-state index is 0.0471. The van der Waals surface area contributed by atoms with Gasteiger partial charge in [0.2, 0.25) is 5.91 Å². The van der Waals surface area contributed by atoms with Crippen LogP contribution < -0.4 is 15.4 Å². The fourth-order valence-corrected chi connectivity index (χ4v) is 2.13. The maximum absolute atomic E-state index is 12.2. The van der Waals surface area contributed by atoms with Crippen LogP contribution in [0.5, 0.6) is 5.75 Å². The van der Waals surface area contributed by atoms with Gasteiger partial charge in [-0.05, 0) is 62.4 Å². The Balaban J connectivity index is 1.96. The number of benzene rings is 2. The Kier molecular flexibility index (Phi) is 6.27. The highest BCUT2D eigenvalue weighted by Crippen LogP contribution is 2.15. The topological polar surface area (TPSA) is 84.5 Å². The molecule has 2 N–H and O–H groups in total. The number of Topliss-reactive ketones (excluding diaryl/α,β-unsaturated/α-hetero) is 1. The van der Waals surface area contributed by atoms with Crippen LogP contribution in [0.2, 0.25) is 0 Å². The van der Waals surface area contributed by atoms with Crippen LogP contribution in [0.15, 0.2) is 60.2 Å². The first-order valence-corrected chi connectivity index (χ1v) is 7.94. The Bertz CT molecular complexity index is 837. The van der Waals surface area contributed by atoms with Crippen LogP contribution in [0.4, 0.5) is 11.4 Å². The highest BCUT2D eigenvalue weighted by atomic mass is 16.5. The van der Waals surface area contributed by atoms with Crippen molar-refractivity contribution in [3.8, 4) is 5.75 Å². The lowest BCUT2D eigenvalue weighted by Crippen LogP contribution is -2.16. The number of carbonyl (C=O) groups is 3. The van der Waals surface area contributed by atoms with Gasteiger partial charge < -0.3 is 15.4 Å². The van der Waals surface area contributed by atoms with E-state index in [-0.39, 0.29) is 11.4 Å². The molecular formula is C20H20N2O4. The summed E-state index contributed by atoms with van der Waals surface area (Å²) in [6, 6.07) is 13.4. The van der Waals surface area contributed by atoms with Crippen LogP contribution in [-0.4, -0.2) is 24.7 Å². The molecule has 0 radical (unpaired) electrons. The van der Waals surface area contributed by atoms with Gasteiger partial charge >= 0.3 is 0 Å². The van der Waals surface area contributed by atoms with Crippen molar-refractivity contribution < 1.29 is 19.1 Å². The zero-order valence-electron chi connectivity index (χ0n) is 14.8. The molecule has 2 aromatic carbocycles. The Morgan fingerprint density at radius 1 is 0.846 bits per heavy atom. The molecule has 2 rings (SSSR count). The van der Waals surface area contributed by atoms with Crippen molar-refractivity contribution in [1.29, 1.82) is 0 Å². The van der Waals surface area contributed by atoms with Crippen LogP contribution in [0.25, 0.3) is 0 Å². The molecule has 0 aliphatic heterocycles. The number of nitrogens with one attached hydrogen (secondary N) is 2. The van der Waals surface area contributed by atoms with Crippen molar-refractivity contribution in [2.45, 2.75) is 13.8 Å². The van der Waals surface area contributed by atoms with Crippen molar-refractivity contribution >= 4 is 29.0 Å². The first-order chi connectivity index (χ1) is 12.4. The summed E-state index contributed by atoms with van der Waals surface area (Å²) in [7, 11) is 1.56. The first-order valence-electron chi connectivity index (χ1n) is 7.94. The molecule has 134 valence electrons. The van der Waals surface area contributed by atoms with Gasteiger partial charge in [0.05, 0.1) is 7.11 Å². The van der Waals surface area contributed by atoms with Gasteiger partial charge in [0.1, 0.15) is 5.75 Å². The summed E-state index contributed by atoms with van der Waals surface area (Å²) in [5.74, 6) is -0.167. The summed E-state index contributed by atoms with van der Waals surface area (Å²) in [5.41, 5.74) is 1.96. The number of hydrogen-bond donors (Lipinski definition) is 2. The minimum atomic E-state index is -0.408. The number of methoxy groups -OCH3 is 1. The maximum Gasteiger partial charge on any atom is 0.251 e. The second-order valence-corrected chi connectivity index (χ2v) is 5.63. The Hall–Kier alpha value is -3.41. The van der Waals surface area contributed by atoms with E-state index in [0.717, 1.165) is 0 Å². The van der Waals surface area contributed by atoms with Crippen molar-refractivity contribution in [1.82, 2.24) is 0 Å². The van der Waals surface area contributed by atoms with Crippen LogP contribution in [0, 0.1) is 0 Å². The van der Waals surface area contributed by atoms with E-state index in [1.807, 2.05) is 0 Å². The molecule has 6 nitrogen and oxygen atoms in total. The van der Waals surface area contributed by atoms with Gasteiger partial charge in [0.15, 0.2) is 5.78 Å². The monoisotopic (exact) mass is 352 g/mol. The summed E-state index contributed by atoms with van der Waals surface area (Å²) in [6.07, 6.45) is 1.23. The summed E-state index contributed by atoms with van der Waals surface area (Å²) < 4.78 is 5.05. The van der Waals surface area contributed by atoms with Crippen molar-refractivity contribution in [3.63, 3.8) is 0 Å². The van der Waals surface area contributed by atoms with Gasteiger partial charge in [-0.25, -0.2) is 0 Å². The molecule has 0 aliphatic rings. The van der Waals surface area contributed by atoms with Crippen LogP contribution >= 0.6 is 0 Å². The molecule has 6 heteroatoms. The number of hydrogen-bond acceptors (Lipinski definition) is 4. The molecule has 0 unspecified atom stereocenters. The number of carbonyl (C=O) groups excluding carboxylic acids is 3. The molecular weight excluding hydrogens is 332 g/mol. The lowest BCUT2D eigenvalue weighted by Gasteiger charge is -2.07. The second-order valence-electron chi connectivity index (χ2n) is 5.63. The largest absolute Gasteiger partial charge is 0.497 e. The van der Waals surface area contributed by atoms with E-state index >= 15 is 0 Å². The Morgan fingerprint density at radius 3 is 1.92 bits per heavy atom. The SMILES string of the molecule is COc1ccc(NC(=O)/C=C(/C)C(=O)Nc2ccc(C(C)=O)cc2)cc1. The normalized spacial score (nSPS) is 10.8. The number of anilines is 2. The van der Waals surface area contributed by atoms with Crippen LogP contribution in [0.1, 0.15) is 24.2 Å². The third-order valence-electron chi connectivity index (χ3n) is 3.61. The Morgan fingerprint density at radius 2 is 1.38 bits per heavy atom. The average molecular weight is 352 g/mol. The smallest absolute Gasteiger partial charge is 0.251 e. The molecule has 0 aliphatic carbocycles. The van der Waals surface area contributed by atoms with E-state index < -0.39 is 11.8 Å². The van der Waals surface area contributed by atoms with E-state index in [9.17, 15) is 14.4 Å². The zero-order chi connectivity index (χ0) is 19.1. The third kappa shape index (κ3) is 5.31. The molecule has 2 aromatic rings. The molecule has 0 saturated carbocycles. The number of ketones is 1. The molecule has 0 atom stereocenters. The molecule has 0 bridgehead atoms. The summed E-state index contributed by atoms with van der Waals surface area (Å²) >= 11 is 0. The van der Waals surface area contributed by atoms with E-state index in [0.29, 0.717) is 22.7 Å². The van der Waals surface area contributed by atoms with Crippen LogP contribution in [-0.2, 0) is 9.59 Å². The van der Waals surface area contributed by atoms with Gasteiger partial charge in [0.25, 0.3) is 5.91 Å². The standard InChI is InChI=1S/C20H20N2O4/c1-13(12-19(24)21-16-8-10-18(26-3)11-9-16)20(25)22-17-6-4-15(5-7-17)14(2)23/h4-12H,1-3H3,(H,21,24)(H,22,25)/b13-12-. The summed E-state index contributed by atoms with van der Waals surface area (Å²) in [5, 5.41) is 5.35. The average Bonchev–Trinajstić information content (AvgIpc) is 2.62. The third-order valence-corrected chi connectivity index (χ3v) is 3.61. The van der Waals surface area contributed by atoms with E-state index in [4.69, 9.17) is 4.74 Å². The first kappa shape index (κ1) is 18.9. The summed E-state index contributed by atoms with van der Waals surface area (Å²) in [4.78, 5) is 35.4. The van der Waals surface area contributed by atoms with Crippen molar-refractivity contribution in [3.05, 3.63) is 65.7 Å². The van der Waals surface area contributed by atoms with Gasteiger partial charge in [-0.2, -0.15) is 0 Å². The molecule has 26 heavy (non-hydrogen) atoms. The second kappa shape index (κ2) is 8.62. The predicted octanol–water partition coefficient (Wildman–Crippen LogP) is 3.42. The van der Waals surface area contributed by atoms with Crippen LogP contribution in [0.3, 0.4) is 0 Å². The molecule has 0 saturated heterocycles.